The van der Waals surface area contributed by atoms with E-state index in [-0.39, 0.29) is 11.9 Å². The summed E-state index contributed by atoms with van der Waals surface area (Å²) in [6, 6.07) is 29.7. The molecular formula is C29H20Cl4N8. The Morgan fingerprint density at radius 2 is 1.00 bits per heavy atom. The first-order chi connectivity index (χ1) is 20.0. The lowest BCUT2D eigenvalue weighted by molar-refractivity contribution is 0.991. The zero-order valence-corrected chi connectivity index (χ0v) is 24.1. The van der Waals surface area contributed by atoms with Crippen LogP contribution < -0.4 is 15.8 Å². The number of benzene rings is 4. The van der Waals surface area contributed by atoms with Crippen molar-refractivity contribution in [1.82, 2.24) is 15.0 Å². The van der Waals surface area contributed by atoms with Crippen molar-refractivity contribution in [3.63, 3.8) is 0 Å². The molecule has 1 aromatic heterocycles. The van der Waals surface area contributed by atoms with Crippen LogP contribution in [-0.4, -0.2) is 27.4 Å². The summed E-state index contributed by atoms with van der Waals surface area (Å²) in [6.07, 6.45) is 3.09. The van der Waals surface area contributed by atoms with E-state index in [0.717, 1.165) is 11.4 Å². The van der Waals surface area contributed by atoms with Crippen molar-refractivity contribution in [3.8, 4) is 0 Å². The average Bonchev–Trinajstić information content (AvgIpc) is 2.97. The number of aromatic nitrogens is 3. The molecule has 0 radical (unpaired) electrons. The molecule has 0 aliphatic rings. The number of nitrogens with one attached hydrogen (secondary N) is 2. The molecule has 204 valence electrons. The Balaban J connectivity index is 1.51. The first-order valence-corrected chi connectivity index (χ1v) is 13.6. The third kappa shape index (κ3) is 7.50. The maximum atomic E-state index is 6.27. The third-order valence-corrected chi connectivity index (χ3v) is 6.64. The molecule has 0 aliphatic carbocycles. The van der Waals surface area contributed by atoms with Crippen molar-refractivity contribution in [2.45, 2.75) is 0 Å². The van der Waals surface area contributed by atoms with E-state index in [1.807, 2.05) is 65.6 Å². The maximum Gasteiger partial charge on any atom is 0.250 e. The molecule has 5 rings (SSSR count). The van der Waals surface area contributed by atoms with E-state index in [1.165, 1.54) is 0 Å². The summed E-state index contributed by atoms with van der Waals surface area (Å²) < 4.78 is 0. The van der Waals surface area contributed by atoms with Gasteiger partial charge in [0.1, 0.15) is 0 Å². The van der Waals surface area contributed by atoms with Crippen molar-refractivity contribution in [3.05, 3.63) is 128 Å². The van der Waals surface area contributed by atoms with Crippen LogP contribution in [0.15, 0.2) is 107 Å². The molecule has 12 heteroatoms. The zero-order chi connectivity index (χ0) is 28.6. The van der Waals surface area contributed by atoms with Gasteiger partial charge in [-0.05, 0) is 48.5 Å². The first-order valence-electron chi connectivity index (χ1n) is 12.1. The highest BCUT2D eigenvalue weighted by atomic mass is 35.5. The second-order valence-corrected chi connectivity index (χ2v) is 10.0. The van der Waals surface area contributed by atoms with Crippen molar-refractivity contribution in [2.24, 2.45) is 10.2 Å². The smallest absolute Gasteiger partial charge is 0.250 e. The predicted molar refractivity (Wildman–Crippen MR) is 170 cm³/mol. The topological polar surface area (TPSA) is 90.7 Å². The molecule has 2 N–H and O–H groups in total. The lowest BCUT2D eigenvalue weighted by Crippen LogP contribution is -2.16. The summed E-state index contributed by atoms with van der Waals surface area (Å²) >= 11 is 24.5. The van der Waals surface area contributed by atoms with Crippen molar-refractivity contribution in [1.29, 1.82) is 0 Å². The third-order valence-electron chi connectivity index (χ3n) is 5.51. The van der Waals surface area contributed by atoms with Crippen LogP contribution >= 0.6 is 46.4 Å². The molecule has 5 aromatic rings. The van der Waals surface area contributed by atoms with Crippen molar-refractivity contribution in [2.75, 3.05) is 15.8 Å². The van der Waals surface area contributed by atoms with Gasteiger partial charge in [-0.3, -0.25) is 4.90 Å². The van der Waals surface area contributed by atoms with Gasteiger partial charge in [-0.25, -0.2) is 10.9 Å². The standard InChI is InChI=1S/C29H20Cl4N8/c30-21-13-11-19(25(32)15-21)17-34-39-27-36-28(40-35-18-20-12-14-22(31)16-26(20)33)38-29(37-27)41(23-7-3-1-4-8-23)24-9-5-2-6-10-24/h1-18H,(H2,36,37,38,39,40). The fraction of sp³-hybridized carbons (Fsp3) is 0. The first kappa shape index (κ1) is 28.3. The molecule has 4 aromatic carbocycles. The summed E-state index contributed by atoms with van der Waals surface area (Å²) in [5.74, 6) is 0.646. The lowest BCUT2D eigenvalue weighted by Gasteiger charge is -2.23. The number of rotatable bonds is 9. The van der Waals surface area contributed by atoms with Crippen molar-refractivity contribution >= 4 is 88.1 Å². The second-order valence-electron chi connectivity index (χ2n) is 8.36. The molecule has 1 heterocycles. The SMILES string of the molecule is Clc1ccc(C=NNc2nc(NN=Cc3ccc(Cl)cc3Cl)nc(N(c3ccccc3)c3ccccc3)n2)c(Cl)c1. The summed E-state index contributed by atoms with van der Waals surface area (Å²) in [5, 5.41) is 10.5. The van der Waals surface area contributed by atoms with Gasteiger partial charge in [0.25, 0.3) is 0 Å². The molecule has 0 saturated heterocycles. The molecule has 0 atom stereocenters. The fourth-order valence-electron chi connectivity index (χ4n) is 3.63. The maximum absolute atomic E-state index is 6.27. The number of hydrogen-bond acceptors (Lipinski definition) is 8. The highest BCUT2D eigenvalue weighted by Gasteiger charge is 2.17. The van der Waals surface area contributed by atoms with Crippen LogP contribution in [0.1, 0.15) is 11.1 Å². The van der Waals surface area contributed by atoms with Gasteiger partial charge in [0.2, 0.25) is 17.8 Å². The molecule has 41 heavy (non-hydrogen) atoms. The summed E-state index contributed by atoms with van der Waals surface area (Å²) in [5.41, 5.74) is 8.73. The average molecular weight is 622 g/mol. The zero-order valence-electron chi connectivity index (χ0n) is 21.1. The summed E-state index contributed by atoms with van der Waals surface area (Å²) in [6.45, 7) is 0. The van der Waals surface area contributed by atoms with Gasteiger partial charge < -0.3 is 0 Å². The molecule has 0 aliphatic heterocycles. The molecule has 0 unspecified atom stereocenters. The van der Waals surface area contributed by atoms with Gasteiger partial charge in [0.15, 0.2) is 0 Å². The number of hydrogen-bond donors (Lipinski definition) is 2. The van der Waals surface area contributed by atoms with Crippen LogP contribution in [0.5, 0.6) is 0 Å². The minimum Gasteiger partial charge on any atom is -0.279 e. The molecular weight excluding hydrogens is 602 g/mol. The van der Waals surface area contributed by atoms with Gasteiger partial charge in [-0.15, -0.1) is 0 Å². The number of para-hydroxylation sites is 2. The Morgan fingerprint density at radius 1 is 0.561 bits per heavy atom. The van der Waals surface area contributed by atoms with E-state index < -0.39 is 0 Å². The molecule has 0 amide bonds. The summed E-state index contributed by atoms with van der Waals surface area (Å²) in [4.78, 5) is 15.6. The number of halogens is 4. The monoisotopic (exact) mass is 620 g/mol. The largest absolute Gasteiger partial charge is 0.279 e. The van der Waals surface area contributed by atoms with Crippen LogP contribution in [0.25, 0.3) is 0 Å². The lowest BCUT2D eigenvalue weighted by atomic mass is 10.2. The Bertz CT molecular complexity index is 1580. The number of hydrazone groups is 2. The van der Waals surface area contributed by atoms with Gasteiger partial charge in [-0.2, -0.15) is 25.2 Å². The Labute approximate surface area is 256 Å². The van der Waals surface area contributed by atoms with Gasteiger partial charge in [-0.1, -0.05) is 94.9 Å². The fourth-order valence-corrected chi connectivity index (χ4v) is 4.54. The minimum atomic E-state index is 0.162. The molecule has 0 bridgehead atoms. The molecule has 8 nitrogen and oxygen atoms in total. The molecule has 0 saturated carbocycles. The highest BCUT2D eigenvalue weighted by Crippen LogP contribution is 2.32. The second kappa shape index (κ2) is 13.4. The van der Waals surface area contributed by atoms with Crippen LogP contribution in [0.2, 0.25) is 20.1 Å². The van der Waals surface area contributed by atoms with E-state index in [9.17, 15) is 0 Å². The van der Waals surface area contributed by atoms with Crippen LogP contribution in [0.3, 0.4) is 0 Å². The Hall–Kier alpha value is -4.21. The Morgan fingerprint density at radius 3 is 1.41 bits per heavy atom. The molecule has 0 spiro atoms. The quantitative estimate of drug-likeness (QED) is 0.126. The van der Waals surface area contributed by atoms with Gasteiger partial charge in [0.05, 0.1) is 22.5 Å². The van der Waals surface area contributed by atoms with E-state index in [0.29, 0.717) is 37.2 Å². The van der Waals surface area contributed by atoms with E-state index in [4.69, 9.17) is 46.4 Å². The van der Waals surface area contributed by atoms with Gasteiger partial charge >= 0.3 is 0 Å². The summed E-state index contributed by atoms with van der Waals surface area (Å²) in [7, 11) is 0. The number of nitrogens with zero attached hydrogens (tertiary/aromatic N) is 6. The Kier molecular flexibility index (Phi) is 9.28. The van der Waals surface area contributed by atoms with E-state index in [1.54, 1.807) is 48.8 Å². The van der Waals surface area contributed by atoms with E-state index >= 15 is 0 Å². The highest BCUT2D eigenvalue weighted by molar-refractivity contribution is 6.36. The molecule has 0 fully saturated rings. The normalized spacial score (nSPS) is 11.2. The predicted octanol–water partition coefficient (Wildman–Crippen LogP) is 8.85. The van der Waals surface area contributed by atoms with E-state index in [2.05, 4.69) is 36.0 Å². The van der Waals surface area contributed by atoms with Crippen LogP contribution in [0.4, 0.5) is 29.2 Å². The van der Waals surface area contributed by atoms with Gasteiger partial charge in [0, 0.05) is 32.5 Å². The number of anilines is 5. The van der Waals surface area contributed by atoms with Crippen molar-refractivity contribution < 1.29 is 0 Å². The van der Waals surface area contributed by atoms with Crippen LogP contribution in [-0.2, 0) is 0 Å². The minimum absolute atomic E-state index is 0.162. The van der Waals surface area contributed by atoms with Crippen LogP contribution in [0, 0.1) is 0 Å².